The zero-order valence-electron chi connectivity index (χ0n) is 31.2. The van der Waals surface area contributed by atoms with E-state index in [-0.39, 0.29) is 89.2 Å². The summed E-state index contributed by atoms with van der Waals surface area (Å²) >= 11 is 1.48. The van der Waals surface area contributed by atoms with Crippen molar-refractivity contribution in [3.63, 3.8) is 0 Å². The first kappa shape index (κ1) is 41.0. The predicted molar refractivity (Wildman–Crippen MR) is 193 cm³/mol. The highest BCUT2D eigenvalue weighted by Gasteiger charge is 2.39. The summed E-state index contributed by atoms with van der Waals surface area (Å²) in [5.41, 5.74) is 1.35. The van der Waals surface area contributed by atoms with E-state index in [1.54, 1.807) is 59.9 Å². The molecule has 0 radical (unpaired) electrons. The van der Waals surface area contributed by atoms with Crippen LogP contribution in [0.15, 0.2) is 40.5 Å². The van der Waals surface area contributed by atoms with Crippen molar-refractivity contribution in [2.24, 2.45) is 5.41 Å². The number of rotatable bonds is 17. The van der Waals surface area contributed by atoms with Crippen LogP contribution in [-0.2, 0) is 43.1 Å². The number of ketones is 2. The number of aromatic nitrogens is 1. The number of hydroxylamine groups is 2. The molecule has 1 fully saturated rings. The summed E-state index contributed by atoms with van der Waals surface area (Å²) in [6.45, 7) is 11.0. The summed E-state index contributed by atoms with van der Waals surface area (Å²) in [4.78, 5) is 100. The fraction of sp³-hybridized carbons (Fsp3) is 0.514. The third-order valence-electron chi connectivity index (χ3n) is 9.04. The van der Waals surface area contributed by atoms with E-state index in [1.807, 2.05) is 6.92 Å². The second-order valence-electron chi connectivity index (χ2n) is 13.5. The average Bonchev–Trinajstić information content (AvgIpc) is 3.63. The molecule has 4 rings (SSSR count). The van der Waals surface area contributed by atoms with Gasteiger partial charge in [0.1, 0.15) is 5.75 Å². The van der Waals surface area contributed by atoms with Crippen LogP contribution in [0.4, 0.5) is 4.79 Å². The molecule has 0 N–H and O–H groups in total. The number of carbonyl (C=O) groups is 7. The van der Waals surface area contributed by atoms with E-state index in [1.165, 1.54) is 21.1 Å². The van der Waals surface area contributed by atoms with Crippen molar-refractivity contribution in [2.45, 2.75) is 67.2 Å². The monoisotopic (exact) mass is 754 g/mol. The van der Waals surface area contributed by atoms with Crippen LogP contribution >= 0.6 is 11.3 Å². The summed E-state index contributed by atoms with van der Waals surface area (Å²) in [7, 11) is 1.61. The molecule has 1 aromatic heterocycles. The van der Waals surface area contributed by atoms with Crippen LogP contribution in [0.3, 0.4) is 0 Å². The molecule has 1 aromatic carbocycles. The molecule has 0 spiro atoms. The zero-order valence-corrected chi connectivity index (χ0v) is 32.0. The van der Waals surface area contributed by atoms with Crippen molar-refractivity contribution in [3.8, 4) is 5.75 Å². The van der Waals surface area contributed by atoms with Gasteiger partial charge in [0.15, 0.2) is 11.6 Å². The van der Waals surface area contributed by atoms with Gasteiger partial charge in [0.05, 0.1) is 48.1 Å². The van der Waals surface area contributed by atoms with Crippen LogP contribution in [0.1, 0.15) is 65.3 Å². The molecule has 286 valence electrons. The first-order valence-corrected chi connectivity index (χ1v) is 18.1. The Kier molecular flexibility index (Phi) is 13.8. The maximum atomic E-state index is 13.4. The molecule has 0 unspecified atom stereocenters. The van der Waals surface area contributed by atoms with Crippen molar-refractivity contribution in [1.82, 2.24) is 19.8 Å². The molecule has 2 aromatic rings. The highest BCUT2D eigenvalue weighted by Crippen LogP contribution is 2.39. The number of hydrogen-bond acceptors (Lipinski definition) is 13. The normalized spacial score (nSPS) is 15.2. The largest absolute Gasteiger partial charge is 0.415 e. The highest BCUT2D eigenvalue weighted by atomic mass is 32.1. The molecule has 4 amide bonds. The molecule has 2 heterocycles. The predicted octanol–water partition coefficient (Wildman–Crippen LogP) is 4.12. The lowest BCUT2D eigenvalue weighted by Gasteiger charge is -2.33. The van der Waals surface area contributed by atoms with Gasteiger partial charge in [0.25, 0.3) is 11.8 Å². The molecule has 16 heteroatoms. The van der Waals surface area contributed by atoms with Crippen LogP contribution in [0.5, 0.6) is 5.75 Å². The Bertz CT molecular complexity index is 1850. The van der Waals surface area contributed by atoms with Crippen LogP contribution in [0.25, 0.3) is 10.2 Å². The topological polar surface area (TPSA) is 179 Å². The number of amides is 4. The Labute approximate surface area is 311 Å². The third kappa shape index (κ3) is 10.4. The minimum Gasteiger partial charge on any atom is -0.410 e. The summed E-state index contributed by atoms with van der Waals surface area (Å²) in [5, 5.41) is 1.36. The molecule has 1 aliphatic carbocycles. The van der Waals surface area contributed by atoms with E-state index in [9.17, 15) is 33.6 Å². The number of Topliss-reactive ketones (excluding diaryl/α,β-unsaturated/α-hetero) is 2. The van der Waals surface area contributed by atoms with Crippen LogP contribution in [-0.4, -0.2) is 114 Å². The summed E-state index contributed by atoms with van der Waals surface area (Å²) in [6.07, 6.45) is -0.837. The van der Waals surface area contributed by atoms with Gasteiger partial charge in [-0.3, -0.25) is 24.0 Å². The van der Waals surface area contributed by atoms with E-state index < -0.39 is 29.3 Å². The molecular formula is C37H46N4O11S. The molecular weight excluding hydrogens is 708 g/mol. The second-order valence-corrected chi connectivity index (χ2v) is 14.8. The smallest absolute Gasteiger partial charge is 0.410 e. The maximum absolute atomic E-state index is 13.4. The van der Waals surface area contributed by atoms with E-state index in [0.29, 0.717) is 33.1 Å². The van der Waals surface area contributed by atoms with Crippen molar-refractivity contribution in [2.75, 3.05) is 53.1 Å². The molecule has 15 nitrogen and oxygen atoms in total. The maximum Gasteiger partial charge on any atom is 0.415 e. The van der Waals surface area contributed by atoms with Gasteiger partial charge in [-0.1, -0.05) is 13.8 Å². The van der Waals surface area contributed by atoms with Crippen molar-refractivity contribution in [1.29, 1.82) is 0 Å². The minimum absolute atomic E-state index is 0.00780. The number of hydrogen-bond donors (Lipinski definition) is 0. The Morgan fingerprint density at radius 2 is 1.49 bits per heavy atom. The first-order chi connectivity index (χ1) is 25.0. The van der Waals surface area contributed by atoms with Gasteiger partial charge >= 0.3 is 12.1 Å². The standard InChI is InChI=1S/C37H46N4O11S/c1-22-23(2)35(47)33(24(3)34(22)46)37(5,6)21-31(44)39(7)13-14-40(36(48)51-26-8-9-27-28(20-26)53-25(4)38-27)15-17-50-19-18-49-16-12-32(45)52-41-29(42)10-11-30(41)43/h8-9,20H,10-19,21H2,1-7H3. The van der Waals surface area contributed by atoms with Gasteiger partial charge < -0.3 is 28.8 Å². The molecule has 1 aliphatic heterocycles. The molecule has 0 bridgehead atoms. The lowest BCUT2D eigenvalue weighted by Crippen LogP contribution is -2.43. The number of fused-ring (bicyclic) bond motifs is 1. The number of carbonyl (C=O) groups excluding carboxylic acids is 7. The molecule has 0 saturated carbocycles. The minimum atomic E-state index is -0.918. The number of imide groups is 1. The van der Waals surface area contributed by atoms with Crippen molar-refractivity contribution < 1.29 is 52.6 Å². The van der Waals surface area contributed by atoms with Crippen LogP contribution < -0.4 is 4.74 Å². The number of ether oxygens (including phenoxy) is 3. The van der Waals surface area contributed by atoms with E-state index in [2.05, 4.69) is 4.98 Å². The Morgan fingerprint density at radius 3 is 2.17 bits per heavy atom. The summed E-state index contributed by atoms with van der Waals surface area (Å²) < 4.78 is 17.6. The summed E-state index contributed by atoms with van der Waals surface area (Å²) in [5.74, 6) is -2.26. The average molecular weight is 755 g/mol. The van der Waals surface area contributed by atoms with Gasteiger partial charge in [-0.15, -0.1) is 16.4 Å². The number of thiazole rings is 1. The van der Waals surface area contributed by atoms with Gasteiger partial charge in [0, 0.05) is 79.7 Å². The quantitative estimate of drug-likeness (QED) is 0.128. The first-order valence-electron chi connectivity index (χ1n) is 17.3. The molecule has 2 aliphatic rings. The number of aryl methyl sites for hydroxylation is 1. The van der Waals surface area contributed by atoms with Crippen molar-refractivity contribution in [3.05, 3.63) is 45.5 Å². The van der Waals surface area contributed by atoms with Crippen LogP contribution in [0, 0.1) is 12.3 Å². The van der Waals surface area contributed by atoms with Gasteiger partial charge in [-0.25, -0.2) is 14.6 Å². The Morgan fingerprint density at radius 1 is 0.849 bits per heavy atom. The lowest BCUT2D eigenvalue weighted by molar-refractivity contribution is -0.198. The van der Waals surface area contributed by atoms with Crippen LogP contribution in [0.2, 0.25) is 0 Å². The second kappa shape index (κ2) is 17.8. The molecule has 0 atom stereocenters. The van der Waals surface area contributed by atoms with E-state index >= 15 is 0 Å². The Hall–Kier alpha value is -4.80. The van der Waals surface area contributed by atoms with Crippen molar-refractivity contribution >= 4 is 62.9 Å². The highest BCUT2D eigenvalue weighted by molar-refractivity contribution is 7.18. The fourth-order valence-corrected chi connectivity index (χ4v) is 6.76. The number of allylic oxidation sites excluding steroid dienone is 4. The summed E-state index contributed by atoms with van der Waals surface area (Å²) in [6, 6.07) is 5.17. The van der Waals surface area contributed by atoms with Gasteiger partial charge in [-0.05, 0) is 39.8 Å². The Balaban J connectivity index is 1.30. The zero-order chi connectivity index (χ0) is 39.0. The molecule has 53 heavy (non-hydrogen) atoms. The fourth-order valence-electron chi connectivity index (χ4n) is 5.91. The number of nitrogens with zero attached hydrogens (tertiary/aromatic N) is 4. The van der Waals surface area contributed by atoms with Gasteiger partial charge in [0.2, 0.25) is 5.91 Å². The number of benzene rings is 1. The lowest BCUT2D eigenvalue weighted by atomic mass is 9.71. The SMILES string of the molecule is CC1=C(C)C(=O)C(C(C)(C)CC(=O)N(C)CCN(CCOCCOCCC(=O)ON2C(=O)CCC2=O)C(=O)Oc2ccc3nc(C)sc3c2)=C(C)C1=O. The van der Waals surface area contributed by atoms with Gasteiger partial charge in [-0.2, -0.15) is 0 Å². The van der Waals surface area contributed by atoms with E-state index in [0.717, 1.165) is 15.2 Å². The molecule has 1 saturated heterocycles. The van der Waals surface area contributed by atoms with E-state index in [4.69, 9.17) is 19.0 Å². The third-order valence-corrected chi connectivity index (χ3v) is 9.98. The number of likely N-dealkylation sites (N-methyl/N-ethyl adjacent to an activating group) is 1.